The Balaban J connectivity index is 2.35. The number of rotatable bonds is 2. The number of H-pyrrole nitrogens is 1. The van der Waals surface area contributed by atoms with Crippen LogP contribution in [-0.4, -0.2) is 9.97 Å². The fourth-order valence-corrected chi connectivity index (χ4v) is 1.10. The van der Waals surface area contributed by atoms with Crippen LogP contribution in [0.2, 0.25) is 0 Å². The molecule has 2 aromatic heterocycles. The summed E-state index contributed by atoms with van der Waals surface area (Å²) >= 11 is 0. The van der Waals surface area contributed by atoms with Crippen molar-refractivity contribution in [1.29, 1.82) is 0 Å². The monoisotopic (exact) mass is 178 g/mol. The Morgan fingerprint density at radius 1 is 1.54 bits per heavy atom. The molecule has 0 aliphatic heterocycles. The molecule has 13 heavy (non-hydrogen) atoms. The molecule has 0 unspecified atom stereocenters. The maximum Gasteiger partial charge on any atom is 0.215 e. The van der Waals surface area contributed by atoms with E-state index in [1.54, 1.807) is 6.20 Å². The second-order valence-corrected chi connectivity index (χ2v) is 2.70. The Morgan fingerprint density at radius 3 is 2.92 bits per heavy atom. The summed E-state index contributed by atoms with van der Waals surface area (Å²) in [5.74, 6) is 7.31. The van der Waals surface area contributed by atoms with Crippen LogP contribution in [0.1, 0.15) is 5.76 Å². The summed E-state index contributed by atoms with van der Waals surface area (Å²) in [7, 11) is 0. The number of imidazole rings is 1. The molecule has 0 atom stereocenters. The molecular formula is C8H10N4O. The Kier molecular flexibility index (Phi) is 1.79. The number of nitrogens with zero attached hydrogens (tertiary/aromatic N) is 1. The number of aromatic nitrogens is 2. The zero-order chi connectivity index (χ0) is 9.26. The third kappa shape index (κ3) is 1.41. The van der Waals surface area contributed by atoms with Gasteiger partial charge in [-0.05, 0) is 19.1 Å². The maximum atomic E-state index is 5.39. The first-order valence-corrected chi connectivity index (χ1v) is 3.88. The van der Waals surface area contributed by atoms with Crippen LogP contribution in [0.3, 0.4) is 0 Å². The van der Waals surface area contributed by atoms with Gasteiger partial charge in [0.2, 0.25) is 5.95 Å². The number of aryl methyl sites for hydroxylation is 1. The largest absolute Gasteiger partial charge is 0.460 e. The van der Waals surface area contributed by atoms with E-state index in [2.05, 4.69) is 15.4 Å². The second-order valence-electron chi connectivity index (χ2n) is 2.70. The number of nitrogens with two attached hydrogens (primary N) is 1. The summed E-state index contributed by atoms with van der Waals surface area (Å²) < 4.78 is 5.39. The van der Waals surface area contributed by atoms with Crippen LogP contribution < -0.4 is 11.3 Å². The molecule has 0 aliphatic carbocycles. The molecule has 0 fully saturated rings. The van der Waals surface area contributed by atoms with Crippen molar-refractivity contribution < 1.29 is 4.42 Å². The second kappa shape index (κ2) is 2.95. The van der Waals surface area contributed by atoms with Crippen LogP contribution in [0, 0.1) is 6.92 Å². The molecule has 0 aliphatic rings. The molecule has 2 rings (SSSR count). The maximum absolute atomic E-state index is 5.39. The highest BCUT2D eigenvalue weighted by Gasteiger charge is 2.05. The Labute approximate surface area is 74.9 Å². The molecular weight excluding hydrogens is 168 g/mol. The average molecular weight is 178 g/mol. The van der Waals surface area contributed by atoms with Gasteiger partial charge in [0.1, 0.15) is 11.5 Å². The highest BCUT2D eigenvalue weighted by Crippen LogP contribution is 2.20. The van der Waals surface area contributed by atoms with Gasteiger partial charge in [-0.25, -0.2) is 10.8 Å². The third-order valence-corrected chi connectivity index (χ3v) is 1.72. The lowest BCUT2D eigenvalue weighted by Gasteiger charge is -1.91. The van der Waals surface area contributed by atoms with Gasteiger partial charge >= 0.3 is 0 Å². The predicted octanol–water partition coefficient (Wildman–Crippen LogP) is 1.26. The van der Waals surface area contributed by atoms with E-state index in [9.17, 15) is 0 Å². The SMILES string of the molecule is Cc1ccc(-c2cnc(NN)[nH]2)o1. The number of anilines is 1. The van der Waals surface area contributed by atoms with Crippen molar-refractivity contribution in [2.45, 2.75) is 6.92 Å². The highest BCUT2D eigenvalue weighted by atomic mass is 16.3. The van der Waals surface area contributed by atoms with Crippen LogP contribution in [0.15, 0.2) is 22.7 Å². The van der Waals surface area contributed by atoms with Gasteiger partial charge in [0.05, 0.1) is 6.20 Å². The third-order valence-electron chi connectivity index (χ3n) is 1.72. The van der Waals surface area contributed by atoms with E-state index < -0.39 is 0 Å². The summed E-state index contributed by atoms with van der Waals surface area (Å²) in [6, 6.07) is 3.77. The lowest BCUT2D eigenvalue weighted by Crippen LogP contribution is -2.07. The molecule has 4 N–H and O–H groups in total. The fraction of sp³-hybridized carbons (Fsp3) is 0.125. The van der Waals surface area contributed by atoms with Gasteiger partial charge in [0.25, 0.3) is 0 Å². The number of aromatic amines is 1. The Morgan fingerprint density at radius 2 is 2.38 bits per heavy atom. The standard InChI is InChI=1S/C8H10N4O/c1-5-2-3-7(13-5)6-4-10-8(11-6)12-9/h2-4H,9H2,1H3,(H2,10,11,12). The molecule has 5 heteroatoms. The number of furan rings is 1. The summed E-state index contributed by atoms with van der Waals surface area (Å²) in [6.07, 6.45) is 1.66. The lowest BCUT2D eigenvalue weighted by atomic mass is 10.3. The summed E-state index contributed by atoms with van der Waals surface area (Å²) in [6.45, 7) is 1.89. The topological polar surface area (TPSA) is 79.9 Å². The van der Waals surface area contributed by atoms with Crippen molar-refractivity contribution in [2.75, 3.05) is 5.43 Å². The first-order valence-electron chi connectivity index (χ1n) is 3.88. The lowest BCUT2D eigenvalue weighted by molar-refractivity contribution is 0.547. The minimum atomic E-state index is 0.518. The Hall–Kier alpha value is -1.75. The molecule has 0 aromatic carbocycles. The van der Waals surface area contributed by atoms with Gasteiger partial charge in [0, 0.05) is 0 Å². The van der Waals surface area contributed by atoms with Crippen LogP contribution in [0.5, 0.6) is 0 Å². The fourth-order valence-electron chi connectivity index (χ4n) is 1.10. The first kappa shape index (κ1) is 7.88. The molecule has 68 valence electrons. The first-order chi connectivity index (χ1) is 6.29. The van der Waals surface area contributed by atoms with Crippen LogP contribution in [0.4, 0.5) is 5.95 Å². The smallest absolute Gasteiger partial charge is 0.215 e. The molecule has 5 nitrogen and oxygen atoms in total. The van der Waals surface area contributed by atoms with Crippen LogP contribution in [-0.2, 0) is 0 Å². The van der Waals surface area contributed by atoms with Crippen molar-refractivity contribution in [3.63, 3.8) is 0 Å². The van der Waals surface area contributed by atoms with Crippen molar-refractivity contribution in [2.24, 2.45) is 5.84 Å². The zero-order valence-corrected chi connectivity index (χ0v) is 7.16. The quantitative estimate of drug-likeness (QED) is 0.477. The Bertz CT molecular complexity index is 404. The average Bonchev–Trinajstić information content (AvgIpc) is 2.71. The van der Waals surface area contributed by atoms with Crippen LogP contribution >= 0.6 is 0 Å². The number of nitrogen functional groups attached to an aromatic ring is 1. The number of hydrazine groups is 1. The summed E-state index contributed by atoms with van der Waals surface area (Å²) in [4.78, 5) is 6.92. The number of hydrogen-bond donors (Lipinski definition) is 3. The van der Waals surface area contributed by atoms with E-state index in [0.717, 1.165) is 17.2 Å². The van der Waals surface area contributed by atoms with E-state index in [-0.39, 0.29) is 0 Å². The normalized spacial score (nSPS) is 10.3. The summed E-state index contributed by atoms with van der Waals surface area (Å²) in [5, 5.41) is 0. The van der Waals surface area contributed by atoms with Crippen molar-refractivity contribution in [3.8, 4) is 11.5 Å². The van der Waals surface area contributed by atoms with E-state index in [1.165, 1.54) is 0 Å². The number of hydrogen-bond acceptors (Lipinski definition) is 4. The molecule has 0 bridgehead atoms. The molecule has 0 spiro atoms. The van der Waals surface area contributed by atoms with Gasteiger partial charge in [-0.1, -0.05) is 0 Å². The molecule has 0 radical (unpaired) electrons. The summed E-state index contributed by atoms with van der Waals surface area (Å²) in [5.41, 5.74) is 3.22. The van der Waals surface area contributed by atoms with E-state index in [0.29, 0.717) is 5.95 Å². The van der Waals surface area contributed by atoms with Gasteiger partial charge in [-0.3, -0.25) is 5.43 Å². The molecule has 0 saturated heterocycles. The molecule has 0 amide bonds. The predicted molar refractivity (Wildman–Crippen MR) is 48.8 cm³/mol. The molecule has 2 heterocycles. The van der Waals surface area contributed by atoms with E-state index >= 15 is 0 Å². The van der Waals surface area contributed by atoms with Crippen molar-refractivity contribution >= 4 is 5.95 Å². The minimum Gasteiger partial charge on any atom is -0.460 e. The number of nitrogens with one attached hydrogen (secondary N) is 2. The zero-order valence-electron chi connectivity index (χ0n) is 7.16. The van der Waals surface area contributed by atoms with Crippen molar-refractivity contribution in [1.82, 2.24) is 9.97 Å². The van der Waals surface area contributed by atoms with Crippen molar-refractivity contribution in [3.05, 3.63) is 24.1 Å². The van der Waals surface area contributed by atoms with E-state index in [1.807, 2.05) is 19.1 Å². The van der Waals surface area contributed by atoms with Gasteiger partial charge < -0.3 is 9.40 Å². The molecule has 0 saturated carbocycles. The minimum absolute atomic E-state index is 0.518. The van der Waals surface area contributed by atoms with E-state index in [4.69, 9.17) is 10.3 Å². The van der Waals surface area contributed by atoms with Gasteiger partial charge in [-0.15, -0.1) is 0 Å². The van der Waals surface area contributed by atoms with Gasteiger partial charge in [-0.2, -0.15) is 0 Å². The highest BCUT2D eigenvalue weighted by molar-refractivity contribution is 5.53. The molecule has 2 aromatic rings. The van der Waals surface area contributed by atoms with Crippen LogP contribution in [0.25, 0.3) is 11.5 Å². The van der Waals surface area contributed by atoms with Gasteiger partial charge in [0.15, 0.2) is 5.76 Å².